The normalized spacial score (nSPS) is 18.4. The van der Waals surface area contributed by atoms with Crippen molar-refractivity contribution in [1.82, 2.24) is 9.88 Å². The maximum absolute atomic E-state index is 12.2. The van der Waals surface area contributed by atoms with Gasteiger partial charge in [-0.1, -0.05) is 0 Å². The molecule has 102 valence electrons. The summed E-state index contributed by atoms with van der Waals surface area (Å²) in [5.74, 6) is -1.67. The third kappa shape index (κ3) is 2.90. The van der Waals surface area contributed by atoms with Crippen LogP contribution in [-0.4, -0.2) is 45.4 Å². The number of likely N-dealkylation sites (tertiary alicyclic amines) is 1. The van der Waals surface area contributed by atoms with E-state index in [-0.39, 0.29) is 11.6 Å². The molecule has 0 spiro atoms. The van der Waals surface area contributed by atoms with Gasteiger partial charge in [-0.25, -0.2) is 9.78 Å². The number of carboxylic acid groups (broad SMARTS) is 1. The molecule has 1 aliphatic heterocycles. The number of hydrogen-bond donors (Lipinski definition) is 2. The Balaban J connectivity index is 2.13. The smallest absolute Gasteiger partial charge is 0.326 e. The number of hydrogen-bond acceptors (Lipinski definition) is 5. The van der Waals surface area contributed by atoms with E-state index < -0.39 is 17.9 Å². The molecule has 0 aromatic carbocycles. The molecule has 1 aromatic heterocycles. The number of carboxylic acids is 1. The summed E-state index contributed by atoms with van der Waals surface area (Å²) in [6.45, 7) is 1.77. The monoisotopic (exact) mass is 283 g/mol. The predicted molar refractivity (Wildman–Crippen MR) is 68.1 cm³/mol. The lowest BCUT2D eigenvalue weighted by atomic mass is 10.2. The van der Waals surface area contributed by atoms with Crippen molar-refractivity contribution in [3.05, 3.63) is 11.1 Å². The summed E-state index contributed by atoms with van der Waals surface area (Å²) >= 11 is 1.14. The molecule has 1 atom stereocenters. The second-order valence-corrected chi connectivity index (χ2v) is 5.07. The molecule has 7 nitrogen and oxygen atoms in total. The zero-order valence-corrected chi connectivity index (χ0v) is 11.1. The van der Waals surface area contributed by atoms with Crippen LogP contribution in [0.4, 0.5) is 5.13 Å². The second-order valence-electron chi connectivity index (χ2n) is 4.21. The Morgan fingerprint density at radius 2 is 2.26 bits per heavy atom. The number of nitrogens with one attached hydrogen (secondary N) is 1. The molecule has 1 saturated heterocycles. The predicted octanol–water partition coefficient (Wildman–Crippen LogP) is 0.791. The van der Waals surface area contributed by atoms with E-state index in [1.54, 1.807) is 0 Å². The molecule has 0 bridgehead atoms. The van der Waals surface area contributed by atoms with Crippen LogP contribution in [-0.2, 0) is 9.59 Å². The number of anilines is 1. The van der Waals surface area contributed by atoms with Gasteiger partial charge in [-0.05, 0) is 12.8 Å². The number of thiazole rings is 1. The summed E-state index contributed by atoms with van der Waals surface area (Å²) < 4.78 is 0. The Morgan fingerprint density at radius 3 is 2.89 bits per heavy atom. The lowest BCUT2D eigenvalue weighted by Crippen LogP contribution is -2.40. The average Bonchev–Trinajstić information content (AvgIpc) is 2.94. The Morgan fingerprint density at radius 1 is 1.53 bits per heavy atom. The van der Waals surface area contributed by atoms with Crippen molar-refractivity contribution in [3.63, 3.8) is 0 Å². The van der Waals surface area contributed by atoms with Crippen molar-refractivity contribution < 1.29 is 19.5 Å². The van der Waals surface area contributed by atoms with E-state index in [0.717, 1.165) is 11.3 Å². The minimum Gasteiger partial charge on any atom is -0.480 e. The number of carbonyl (C=O) groups excluding carboxylic acids is 2. The van der Waals surface area contributed by atoms with Gasteiger partial charge in [0.1, 0.15) is 11.7 Å². The third-order valence-electron chi connectivity index (χ3n) is 2.80. The van der Waals surface area contributed by atoms with E-state index in [0.29, 0.717) is 24.5 Å². The first-order valence-corrected chi connectivity index (χ1v) is 6.64. The van der Waals surface area contributed by atoms with Crippen molar-refractivity contribution in [1.29, 1.82) is 0 Å². The minimum atomic E-state index is -0.997. The van der Waals surface area contributed by atoms with Crippen LogP contribution in [0.5, 0.6) is 0 Å². The summed E-state index contributed by atoms with van der Waals surface area (Å²) in [6.07, 6.45) is 1.13. The number of aliphatic carboxylic acids is 1. The molecule has 2 heterocycles. The Labute approximate surface area is 113 Å². The first kappa shape index (κ1) is 13.5. The lowest BCUT2D eigenvalue weighted by molar-refractivity contribution is -0.141. The average molecular weight is 283 g/mol. The number of amides is 2. The summed E-state index contributed by atoms with van der Waals surface area (Å²) in [7, 11) is 0. The van der Waals surface area contributed by atoms with Gasteiger partial charge in [-0.15, -0.1) is 11.3 Å². The van der Waals surface area contributed by atoms with E-state index >= 15 is 0 Å². The number of rotatable bonds is 3. The number of carbonyl (C=O) groups is 3. The molecular formula is C11H13N3O4S. The van der Waals surface area contributed by atoms with Crippen LogP contribution >= 0.6 is 11.3 Å². The zero-order chi connectivity index (χ0) is 14.0. The van der Waals surface area contributed by atoms with Crippen LogP contribution in [0.3, 0.4) is 0 Å². The zero-order valence-electron chi connectivity index (χ0n) is 10.3. The van der Waals surface area contributed by atoms with Crippen LogP contribution in [0, 0.1) is 0 Å². The number of nitrogens with zero attached hydrogens (tertiary/aromatic N) is 2. The molecule has 2 rings (SSSR count). The third-order valence-corrected chi connectivity index (χ3v) is 3.56. The second kappa shape index (κ2) is 5.35. The van der Waals surface area contributed by atoms with Crippen molar-refractivity contribution in [2.45, 2.75) is 25.8 Å². The molecule has 19 heavy (non-hydrogen) atoms. The fourth-order valence-electron chi connectivity index (χ4n) is 1.99. The van der Waals surface area contributed by atoms with Gasteiger partial charge in [-0.2, -0.15) is 0 Å². The Kier molecular flexibility index (Phi) is 3.79. The van der Waals surface area contributed by atoms with Gasteiger partial charge < -0.3 is 15.3 Å². The first-order valence-electron chi connectivity index (χ1n) is 5.76. The topological polar surface area (TPSA) is 99.6 Å². The van der Waals surface area contributed by atoms with Crippen molar-refractivity contribution >= 4 is 34.3 Å². The van der Waals surface area contributed by atoms with E-state index in [9.17, 15) is 14.4 Å². The molecule has 0 radical (unpaired) electrons. The Bertz CT molecular complexity index is 528. The van der Waals surface area contributed by atoms with Gasteiger partial charge >= 0.3 is 5.97 Å². The van der Waals surface area contributed by atoms with Crippen LogP contribution in [0.25, 0.3) is 0 Å². The van der Waals surface area contributed by atoms with Crippen molar-refractivity contribution in [2.24, 2.45) is 0 Å². The van der Waals surface area contributed by atoms with Crippen LogP contribution in [0.1, 0.15) is 30.3 Å². The van der Waals surface area contributed by atoms with Gasteiger partial charge in [0.15, 0.2) is 5.13 Å². The molecule has 2 N–H and O–H groups in total. The van der Waals surface area contributed by atoms with E-state index in [2.05, 4.69) is 10.3 Å². The molecule has 0 saturated carbocycles. The van der Waals surface area contributed by atoms with Crippen LogP contribution in [0.2, 0.25) is 0 Å². The van der Waals surface area contributed by atoms with Gasteiger partial charge in [0, 0.05) is 18.8 Å². The van der Waals surface area contributed by atoms with E-state index in [4.69, 9.17) is 5.11 Å². The highest BCUT2D eigenvalue weighted by molar-refractivity contribution is 7.14. The van der Waals surface area contributed by atoms with E-state index in [1.807, 2.05) is 0 Å². The van der Waals surface area contributed by atoms with Gasteiger partial charge in [0.25, 0.3) is 5.91 Å². The molecule has 0 aliphatic carbocycles. The van der Waals surface area contributed by atoms with Crippen molar-refractivity contribution in [2.75, 3.05) is 11.9 Å². The first-order chi connectivity index (χ1) is 8.99. The number of aromatic nitrogens is 1. The van der Waals surface area contributed by atoms with Gasteiger partial charge in [0.2, 0.25) is 5.91 Å². The lowest BCUT2D eigenvalue weighted by Gasteiger charge is -2.20. The fourth-order valence-corrected chi connectivity index (χ4v) is 2.72. The molecule has 1 aromatic rings. The fraction of sp³-hybridized carbons (Fsp3) is 0.455. The van der Waals surface area contributed by atoms with Crippen molar-refractivity contribution in [3.8, 4) is 0 Å². The molecule has 1 fully saturated rings. The molecule has 0 unspecified atom stereocenters. The van der Waals surface area contributed by atoms with Gasteiger partial charge in [-0.3, -0.25) is 9.59 Å². The molecule has 1 aliphatic rings. The molecule has 8 heteroatoms. The maximum Gasteiger partial charge on any atom is 0.326 e. The van der Waals surface area contributed by atoms with E-state index in [1.165, 1.54) is 17.2 Å². The van der Waals surface area contributed by atoms with Crippen LogP contribution in [0.15, 0.2) is 5.38 Å². The highest BCUT2D eigenvalue weighted by atomic mass is 32.1. The molecular weight excluding hydrogens is 270 g/mol. The highest BCUT2D eigenvalue weighted by Crippen LogP contribution is 2.22. The summed E-state index contributed by atoms with van der Waals surface area (Å²) in [4.78, 5) is 39.4. The highest BCUT2D eigenvalue weighted by Gasteiger charge is 2.35. The summed E-state index contributed by atoms with van der Waals surface area (Å²) in [5.41, 5.74) is 0.168. The largest absolute Gasteiger partial charge is 0.480 e. The summed E-state index contributed by atoms with van der Waals surface area (Å²) in [6, 6.07) is -0.779. The Hall–Kier alpha value is -1.96. The van der Waals surface area contributed by atoms with Crippen LogP contribution < -0.4 is 5.32 Å². The maximum atomic E-state index is 12.2. The van der Waals surface area contributed by atoms with Gasteiger partial charge in [0.05, 0.1) is 0 Å². The minimum absolute atomic E-state index is 0.168. The SMILES string of the molecule is CC(=O)Nc1nc(C(=O)N2CCC[C@@H]2C(=O)O)cs1. The summed E-state index contributed by atoms with van der Waals surface area (Å²) in [5, 5.41) is 13.4. The quantitative estimate of drug-likeness (QED) is 0.854. The standard InChI is InChI=1S/C11H13N3O4S/c1-6(15)12-11-13-7(5-19-11)9(16)14-4-2-3-8(14)10(17)18/h5,8H,2-4H2,1H3,(H,17,18)(H,12,13,15)/t8-/m1/s1. The molecule has 2 amide bonds.